The van der Waals surface area contributed by atoms with Gasteiger partial charge in [0.1, 0.15) is 0 Å². The first-order valence-electron chi connectivity index (χ1n) is 8.43. The maximum absolute atomic E-state index is 10.2. The van der Waals surface area contributed by atoms with Crippen molar-refractivity contribution in [3.63, 3.8) is 0 Å². The second-order valence-electron chi connectivity index (χ2n) is 6.29. The third kappa shape index (κ3) is 6.83. The van der Waals surface area contributed by atoms with Crippen molar-refractivity contribution in [2.75, 3.05) is 32.9 Å². The van der Waals surface area contributed by atoms with Gasteiger partial charge in [-0.05, 0) is 25.3 Å². The molecule has 4 heteroatoms. The molecule has 1 aromatic rings. The monoisotopic (exact) mass is 319 g/mol. The van der Waals surface area contributed by atoms with Crippen molar-refractivity contribution in [3.05, 3.63) is 48.0 Å². The van der Waals surface area contributed by atoms with E-state index in [1.165, 1.54) is 11.1 Å². The first kappa shape index (κ1) is 18.1. The first-order valence-corrected chi connectivity index (χ1v) is 8.43. The molecule has 4 nitrogen and oxygen atoms in total. The summed E-state index contributed by atoms with van der Waals surface area (Å²) in [5.74, 6) is 0. The number of aryl methyl sites for hydroxylation is 1. The van der Waals surface area contributed by atoms with Crippen molar-refractivity contribution < 1.29 is 14.6 Å². The van der Waals surface area contributed by atoms with Crippen LogP contribution < -0.4 is 0 Å². The first-order chi connectivity index (χ1) is 11.2. The van der Waals surface area contributed by atoms with Crippen LogP contribution in [0.2, 0.25) is 0 Å². The Morgan fingerprint density at radius 3 is 2.87 bits per heavy atom. The predicted molar refractivity (Wildman–Crippen MR) is 92.5 cm³/mol. The minimum absolute atomic E-state index is 0.279. The van der Waals surface area contributed by atoms with Crippen LogP contribution in [0.3, 0.4) is 0 Å². The van der Waals surface area contributed by atoms with Crippen molar-refractivity contribution in [1.29, 1.82) is 0 Å². The highest BCUT2D eigenvalue weighted by atomic mass is 16.5. The summed E-state index contributed by atoms with van der Waals surface area (Å²) in [5.41, 5.74) is 2.52. The largest absolute Gasteiger partial charge is 0.389 e. The van der Waals surface area contributed by atoms with E-state index in [4.69, 9.17) is 9.47 Å². The van der Waals surface area contributed by atoms with Crippen LogP contribution in [0.5, 0.6) is 0 Å². The zero-order valence-corrected chi connectivity index (χ0v) is 14.1. The number of aliphatic hydroxyl groups is 1. The molecule has 1 aliphatic heterocycles. The quantitative estimate of drug-likeness (QED) is 0.531. The number of hydrogen-bond acceptors (Lipinski definition) is 4. The fourth-order valence-electron chi connectivity index (χ4n) is 2.87. The molecule has 23 heavy (non-hydrogen) atoms. The number of hydrogen-bond donors (Lipinski definition) is 1. The molecule has 128 valence electrons. The van der Waals surface area contributed by atoms with Gasteiger partial charge in [-0.1, -0.05) is 35.9 Å². The highest BCUT2D eigenvalue weighted by Crippen LogP contribution is 2.16. The Labute approximate surface area is 139 Å². The SMILES string of the molecule is C=CCOCC(O)CN(Cc1ccc(C)cc1)CC1CCCO1. The molecular weight excluding hydrogens is 290 g/mol. The number of ether oxygens (including phenoxy) is 2. The van der Waals surface area contributed by atoms with Gasteiger partial charge in [-0.3, -0.25) is 4.90 Å². The van der Waals surface area contributed by atoms with E-state index in [1.807, 2.05) is 0 Å². The van der Waals surface area contributed by atoms with E-state index in [-0.39, 0.29) is 6.10 Å². The van der Waals surface area contributed by atoms with Crippen LogP contribution in [0.15, 0.2) is 36.9 Å². The average Bonchev–Trinajstić information content (AvgIpc) is 3.03. The summed E-state index contributed by atoms with van der Waals surface area (Å²) in [6.45, 7) is 9.63. The molecule has 0 aromatic heterocycles. The molecule has 0 bridgehead atoms. The average molecular weight is 319 g/mol. The van der Waals surface area contributed by atoms with Crippen LogP contribution in [0, 0.1) is 6.92 Å². The van der Waals surface area contributed by atoms with Gasteiger partial charge in [0.25, 0.3) is 0 Å². The van der Waals surface area contributed by atoms with E-state index in [1.54, 1.807) is 6.08 Å². The normalized spacial score (nSPS) is 19.2. The zero-order chi connectivity index (χ0) is 16.5. The summed E-state index contributed by atoms with van der Waals surface area (Å²) >= 11 is 0. The highest BCUT2D eigenvalue weighted by molar-refractivity contribution is 5.21. The maximum Gasteiger partial charge on any atom is 0.0900 e. The molecule has 2 unspecified atom stereocenters. The van der Waals surface area contributed by atoms with Crippen LogP contribution in [0.4, 0.5) is 0 Å². The van der Waals surface area contributed by atoms with Gasteiger partial charge in [-0.25, -0.2) is 0 Å². The van der Waals surface area contributed by atoms with Gasteiger partial charge < -0.3 is 14.6 Å². The van der Waals surface area contributed by atoms with E-state index < -0.39 is 6.10 Å². The second kappa shape index (κ2) is 9.83. The van der Waals surface area contributed by atoms with Crippen molar-refractivity contribution in [1.82, 2.24) is 4.90 Å². The lowest BCUT2D eigenvalue weighted by molar-refractivity contribution is 0.00856. The molecule has 1 N–H and O–H groups in total. The second-order valence-corrected chi connectivity index (χ2v) is 6.29. The minimum atomic E-state index is -0.498. The van der Waals surface area contributed by atoms with Gasteiger partial charge in [0.2, 0.25) is 0 Å². The fourth-order valence-corrected chi connectivity index (χ4v) is 2.87. The third-order valence-electron chi connectivity index (χ3n) is 4.03. The molecular formula is C19H29NO3. The van der Waals surface area contributed by atoms with Crippen LogP contribution >= 0.6 is 0 Å². The van der Waals surface area contributed by atoms with Crippen molar-refractivity contribution in [2.24, 2.45) is 0 Å². The van der Waals surface area contributed by atoms with Crippen LogP contribution in [-0.2, 0) is 16.0 Å². The lowest BCUT2D eigenvalue weighted by Gasteiger charge is -2.27. The minimum Gasteiger partial charge on any atom is -0.389 e. The fraction of sp³-hybridized carbons (Fsp3) is 0.579. The molecule has 0 amide bonds. The molecule has 0 radical (unpaired) electrons. The Balaban J connectivity index is 1.89. The van der Waals surface area contributed by atoms with Crippen LogP contribution in [0.1, 0.15) is 24.0 Å². The van der Waals surface area contributed by atoms with Crippen LogP contribution in [-0.4, -0.2) is 55.1 Å². The third-order valence-corrected chi connectivity index (χ3v) is 4.03. The van der Waals surface area contributed by atoms with E-state index >= 15 is 0 Å². The Morgan fingerprint density at radius 1 is 1.43 bits per heavy atom. The summed E-state index contributed by atoms with van der Waals surface area (Å²) in [6, 6.07) is 8.56. The Kier molecular flexibility index (Phi) is 7.76. The van der Waals surface area contributed by atoms with Crippen LogP contribution in [0.25, 0.3) is 0 Å². The van der Waals surface area contributed by atoms with Gasteiger partial charge in [0, 0.05) is 26.2 Å². The molecule has 1 saturated heterocycles. The lowest BCUT2D eigenvalue weighted by Crippen LogP contribution is -2.39. The topological polar surface area (TPSA) is 41.9 Å². The molecule has 0 aliphatic carbocycles. The van der Waals surface area contributed by atoms with E-state index in [2.05, 4.69) is 42.7 Å². The van der Waals surface area contributed by atoms with Gasteiger partial charge in [-0.2, -0.15) is 0 Å². The summed E-state index contributed by atoms with van der Waals surface area (Å²) in [5, 5.41) is 10.2. The van der Waals surface area contributed by atoms with E-state index in [0.717, 1.165) is 32.5 Å². The van der Waals surface area contributed by atoms with Gasteiger partial charge in [-0.15, -0.1) is 6.58 Å². The Morgan fingerprint density at radius 2 is 2.22 bits per heavy atom. The van der Waals surface area contributed by atoms with Gasteiger partial charge in [0.05, 0.1) is 25.4 Å². The highest BCUT2D eigenvalue weighted by Gasteiger charge is 2.21. The maximum atomic E-state index is 10.2. The van der Waals surface area contributed by atoms with Crippen molar-refractivity contribution in [2.45, 2.75) is 38.5 Å². The Bertz CT molecular complexity index is 454. The molecule has 0 saturated carbocycles. The summed E-state index contributed by atoms with van der Waals surface area (Å²) in [6.07, 6.45) is 3.72. The van der Waals surface area contributed by atoms with Crippen molar-refractivity contribution >= 4 is 0 Å². The summed E-state index contributed by atoms with van der Waals surface area (Å²) < 4.78 is 11.1. The lowest BCUT2D eigenvalue weighted by atomic mass is 10.1. The number of nitrogens with zero attached hydrogens (tertiary/aromatic N) is 1. The molecule has 1 fully saturated rings. The number of rotatable bonds is 10. The van der Waals surface area contributed by atoms with E-state index in [9.17, 15) is 5.11 Å². The van der Waals surface area contributed by atoms with Gasteiger partial charge >= 0.3 is 0 Å². The molecule has 0 spiro atoms. The predicted octanol–water partition coefficient (Wildman–Crippen LogP) is 2.54. The molecule has 1 heterocycles. The standard InChI is InChI=1S/C19H29NO3/c1-3-10-22-15-18(21)13-20(14-19-5-4-11-23-19)12-17-8-6-16(2)7-9-17/h3,6-9,18-19,21H,1,4-5,10-15H2,2H3. The molecule has 2 rings (SSSR count). The number of aliphatic hydroxyl groups excluding tert-OH is 1. The summed E-state index contributed by atoms with van der Waals surface area (Å²) in [7, 11) is 0. The Hall–Kier alpha value is -1.20. The molecule has 2 atom stereocenters. The molecule has 1 aromatic carbocycles. The molecule has 1 aliphatic rings. The summed E-state index contributed by atoms with van der Waals surface area (Å²) in [4.78, 5) is 2.27. The van der Waals surface area contributed by atoms with Crippen molar-refractivity contribution in [3.8, 4) is 0 Å². The number of benzene rings is 1. The zero-order valence-electron chi connectivity index (χ0n) is 14.1. The van der Waals surface area contributed by atoms with Gasteiger partial charge in [0.15, 0.2) is 0 Å². The van der Waals surface area contributed by atoms with E-state index in [0.29, 0.717) is 19.8 Å². The smallest absolute Gasteiger partial charge is 0.0900 e.